The minimum Gasteiger partial charge on any atom is -0.481 e. The highest BCUT2D eigenvalue weighted by molar-refractivity contribution is 5.99. The highest BCUT2D eigenvalue weighted by Gasteiger charge is 2.41. The van der Waals surface area contributed by atoms with Crippen molar-refractivity contribution in [3.05, 3.63) is 0 Å². The number of amides is 10. The predicted molar refractivity (Wildman–Crippen MR) is 340 cm³/mol. The third kappa shape index (κ3) is 32.1. The van der Waals surface area contributed by atoms with Gasteiger partial charge in [0.15, 0.2) is 0 Å². The molecule has 0 aromatic rings. The second-order valence-electron chi connectivity index (χ2n) is 26.5. The van der Waals surface area contributed by atoms with Crippen molar-refractivity contribution in [3.63, 3.8) is 0 Å². The molecule has 0 bridgehead atoms. The van der Waals surface area contributed by atoms with Crippen LogP contribution in [-0.2, 0) is 62.3 Å². The summed E-state index contributed by atoms with van der Waals surface area (Å²) in [5, 5.41) is 67.0. The molecule has 27 nitrogen and oxygen atoms in total. The number of aliphatic hydroxyl groups is 3. The molecule has 0 unspecified atom stereocenters. The molecule has 1 aliphatic rings. The molecule has 1 rings (SSSR count). The molecule has 0 aliphatic carbocycles. The molecule has 1 heterocycles. The summed E-state index contributed by atoms with van der Waals surface area (Å²) in [5.74, 6) is -14.7. The standard InChI is InChI=1S/C64H114N10O17/c1-15-17-18-19-20-21-22-23-24-25-42(77)32-50(78)65-44(28-35(3)4)56(82)66-43(26-27-51(79)80)55(81)74-54-41(14)91-64(90)52(39(11)12)72-61(87)49(34-76)71-58(84)46(30-37(7)8)67-57(83)45(29-36(5)6)68-60(86)48(33-75)70-59(85)47(31-38(9)10)69-62(88)53(40(13)16-2)73-63(54)89/h35-49,52-54,75-77H,15-34H2,1-14H3,(H,65,78)(H,66,82)(H,67,83)(H,68,86)(H,69,88)(H,70,85)(H,71,84)(H,72,87)(H,73,89)(H,74,81)(H,79,80)/t40-,41+,42-,43+,44-,45-,46-,47-,48+,49+,52-,53+,54+/m0/s1. The maximum Gasteiger partial charge on any atom is 0.329 e. The fraction of sp³-hybridized carbons (Fsp3) is 0.812. The lowest BCUT2D eigenvalue weighted by atomic mass is 9.96. The van der Waals surface area contributed by atoms with E-state index in [0.29, 0.717) is 12.8 Å². The normalized spacial score (nSPS) is 23.6. The van der Waals surface area contributed by atoms with E-state index in [-0.39, 0.29) is 62.2 Å². The Balaban J connectivity index is 4.02. The molecule has 1 fully saturated rings. The fourth-order valence-corrected chi connectivity index (χ4v) is 10.3. The molecule has 1 aliphatic heterocycles. The van der Waals surface area contributed by atoms with Gasteiger partial charge in [-0.3, -0.25) is 52.7 Å². The van der Waals surface area contributed by atoms with Gasteiger partial charge in [0.2, 0.25) is 59.1 Å². The maximum atomic E-state index is 15.0. The van der Waals surface area contributed by atoms with Crippen LogP contribution in [0.3, 0.4) is 0 Å². The Bertz CT molecular complexity index is 2340. The number of ether oxygens (including phenoxy) is 1. The number of carboxylic acid groups (broad SMARTS) is 1. The van der Waals surface area contributed by atoms with Crippen LogP contribution in [0.1, 0.15) is 213 Å². The Hall–Kier alpha value is -6.48. The summed E-state index contributed by atoms with van der Waals surface area (Å²) in [6.45, 7) is 21.8. The highest BCUT2D eigenvalue weighted by atomic mass is 16.5. The molecule has 0 aromatic heterocycles. The number of rotatable bonds is 33. The van der Waals surface area contributed by atoms with E-state index >= 15 is 0 Å². The van der Waals surface area contributed by atoms with Crippen molar-refractivity contribution in [1.82, 2.24) is 53.2 Å². The van der Waals surface area contributed by atoms with Crippen LogP contribution in [0.5, 0.6) is 0 Å². The Morgan fingerprint density at radius 3 is 1.36 bits per heavy atom. The number of carboxylic acids is 1. The second kappa shape index (κ2) is 43.4. The predicted octanol–water partition coefficient (Wildman–Crippen LogP) is 2.19. The number of carbonyl (C=O) groups excluding carboxylic acids is 11. The zero-order chi connectivity index (χ0) is 69.2. The molecule has 0 saturated carbocycles. The van der Waals surface area contributed by atoms with Crippen LogP contribution in [-0.4, -0.2) is 177 Å². The van der Waals surface area contributed by atoms with Crippen LogP contribution in [0.2, 0.25) is 0 Å². The van der Waals surface area contributed by atoms with Gasteiger partial charge in [0, 0.05) is 6.42 Å². The first-order valence-electron chi connectivity index (χ1n) is 33.0. The number of unbranched alkanes of at least 4 members (excludes halogenated alkanes) is 8. The number of aliphatic carboxylic acids is 1. The van der Waals surface area contributed by atoms with Crippen LogP contribution in [0.25, 0.3) is 0 Å². The van der Waals surface area contributed by atoms with Crippen molar-refractivity contribution < 1.29 is 82.7 Å². The average Bonchev–Trinajstić information content (AvgIpc) is 1.67. The van der Waals surface area contributed by atoms with Gasteiger partial charge in [-0.05, 0) is 81.0 Å². The van der Waals surface area contributed by atoms with Crippen molar-refractivity contribution >= 4 is 71.0 Å². The number of hydrogen-bond donors (Lipinski definition) is 14. The van der Waals surface area contributed by atoms with Crippen LogP contribution in [0, 0.1) is 35.5 Å². The lowest BCUT2D eigenvalue weighted by Gasteiger charge is -2.32. The second-order valence-corrected chi connectivity index (χ2v) is 26.5. The summed E-state index contributed by atoms with van der Waals surface area (Å²) in [6, 6.07) is -15.7. The summed E-state index contributed by atoms with van der Waals surface area (Å²) in [4.78, 5) is 168. The molecule has 522 valence electrons. The van der Waals surface area contributed by atoms with E-state index in [1.165, 1.54) is 40.0 Å². The molecule has 1 saturated heterocycles. The van der Waals surface area contributed by atoms with Gasteiger partial charge < -0.3 is 78.3 Å². The van der Waals surface area contributed by atoms with Gasteiger partial charge in [-0.2, -0.15) is 0 Å². The quantitative estimate of drug-likeness (QED) is 0.0331. The third-order valence-corrected chi connectivity index (χ3v) is 15.7. The number of nitrogens with one attached hydrogen (secondary N) is 10. The zero-order valence-corrected chi connectivity index (χ0v) is 56.6. The summed E-state index contributed by atoms with van der Waals surface area (Å²) in [6.07, 6.45) is 5.80. The lowest BCUT2D eigenvalue weighted by Crippen LogP contribution is -2.63. The number of cyclic esters (lactones) is 1. The van der Waals surface area contributed by atoms with Gasteiger partial charge in [0.05, 0.1) is 25.7 Å². The molecule has 13 atom stereocenters. The van der Waals surface area contributed by atoms with Gasteiger partial charge in [-0.1, -0.05) is 154 Å². The van der Waals surface area contributed by atoms with E-state index in [1.807, 2.05) is 0 Å². The largest absolute Gasteiger partial charge is 0.481 e. The molecule has 0 radical (unpaired) electrons. The molecule has 27 heteroatoms. The maximum absolute atomic E-state index is 15.0. The Morgan fingerprint density at radius 2 is 0.934 bits per heavy atom. The van der Waals surface area contributed by atoms with Gasteiger partial charge in [-0.15, -0.1) is 0 Å². The van der Waals surface area contributed by atoms with Crippen LogP contribution < -0.4 is 53.2 Å². The van der Waals surface area contributed by atoms with Crippen molar-refractivity contribution in [2.24, 2.45) is 35.5 Å². The van der Waals surface area contributed by atoms with Crippen LogP contribution >= 0.6 is 0 Å². The van der Waals surface area contributed by atoms with Gasteiger partial charge >= 0.3 is 11.9 Å². The minimum atomic E-state index is -1.99. The van der Waals surface area contributed by atoms with E-state index in [0.717, 1.165) is 32.1 Å². The van der Waals surface area contributed by atoms with E-state index < -0.39 is 182 Å². The smallest absolute Gasteiger partial charge is 0.329 e. The number of hydrogen-bond acceptors (Lipinski definition) is 16. The number of carbonyl (C=O) groups is 12. The monoisotopic (exact) mass is 1290 g/mol. The average molecular weight is 1300 g/mol. The van der Waals surface area contributed by atoms with E-state index in [9.17, 15) is 78.0 Å². The van der Waals surface area contributed by atoms with Crippen molar-refractivity contribution in [2.45, 2.75) is 285 Å². The molecule has 14 N–H and O–H groups in total. The Kier molecular flexibility index (Phi) is 39.3. The first-order chi connectivity index (χ1) is 42.7. The summed E-state index contributed by atoms with van der Waals surface area (Å²) >= 11 is 0. The van der Waals surface area contributed by atoms with Crippen LogP contribution in [0.15, 0.2) is 0 Å². The van der Waals surface area contributed by atoms with Gasteiger partial charge in [0.1, 0.15) is 66.5 Å². The summed E-state index contributed by atoms with van der Waals surface area (Å²) < 4.78 is 5.85. The van der Waals surface area contributed by atoms with E-state index in [4.69, 9.17) is 4.74 Å². The van der Waals surface area contributed by atoms with Gasteiger partial charge in [0.25, 0.3) is 0 Å². The van der Waals surface area contributed by atoms with E-state index in [1.54, 1.807) is 69.2 Å². The Morgan fingerprint density at radius 1 is 0.505 bits per heavy atom. The zero-order valence-electron chi connectivity index (χ0n) is 56.6. The molecular formula is C64H114N10O17. The highest BCUT2D eigenvalue weighted by Crippen LogP contribution is 2.18. The minimum absolute atomic E-state index is 0.00513. The first-order valence-corrected chi connectivity index (χ1v) is 33.0. The molecule has 10 amide bonds. The number of aliphatic hydroxyl groups excluding tert-OH is 3. The first kappa shape index (κ1) is 82.5. The van der Waals surface area contributed by atoms with Gasteiger partial charge in [-0.25, -0.2) is 4.79 Å². The summed E-state index contributed by atoms with van der Waals surface area (Å²) in [5.41, 5.74) is 0. The number of esters is 1. The fourth-order valence-electron chi connectivity index (χ4n) is 10.3. The molecular weight excluding hydrogens is 1180 g/mol. The van der Waals surface area contributed by atoms with Crippen molar-refractivity contribution in [2.75, 3.05) is 13.2 Å². The molecule has 91 heavy (non-hydrogen) atoms. The van der Waals surface area contributed by atoms with Crippen molar-refractivity contribution in [1.29, 1.82) is 0 Å². The SMILES string of the molecule is CCCCCCCCCCC[C@H](O)CC(=O)N[C@@H](CC(C)C)C(=O)N[C@H](CCC(=O)O)C(=O)N[C@H]1C(=O)N[C@H]([C@@H](C)CC)C(=O)N[C@@H](CC(C)C)C(=O)N[C@H](CO)C(=O)N[C@@H](CC(C)C)C(=O)N[C@@H](CC(C)C)C(=O)N[C@H](CO)C(=O)N[C@@H](C(C)C)C(=O)O[C@@H]1C. The third-order valence-electron chi connectivity index (χ3n) is 15.7. The molecule has 0 aromatic carbocycles. The topological polar surface area (TPSA) is 415 Å². The van der Waals surface area contributed by atoms with E-state index in [2.05, 4.69) is 60.1 Å². The Labute approximate surface area is 538 Å². The molecule has 0 spiro atoms. The van der Waals surface area contributed by atoms with Crippen LogP contribution in [0.4, 0.5) is 0 Å². The lowest BCUT2D eigenvalue weighted by molar-refractivity contribution is -0.157. The van der Waals surface area contributed by atoms with Crippen molar-refractivity contribution in [3.8, 4) is 0 Å². The summed E-state index contributed by atoms with van der Waals surface area (Å²) in [7, 11) is 0.